The summed E-state index contributed by atoms with van der Waals surface area (Å²) in [6.45, 7) is 9.05. The molecule has 2 heterocycles. The number of hydrogen-bond donors (Lipinski definition) is 2. The van der Waals surface area contributed by atoms with Gasteiger partial charge in [0, 0.05) is 44.3 Å². The number of imidazole rings is 2. The van der Waals surface area contributed by atoms with Gasteiger partial charge in [0.2, 0.25) is 0 Å². The molecule has 186 valence electrons. The highest BCUT2D eigenvalue weighted by Gasteiger charge is 2.14. The molecule has 2 aromatic heterocycles. The van der Waals surface area contributed by atoms with Gasteiger partial charge in [-0.1, -0.05) is 51.0 Å². The van der Waals surface area contributed by atoms with Crippen LogP contribution in [0.15, 0.2) is 49.1 Å². The van der Waals surface area contributed by atoms with Crippen molar-refractivity contribution in [2.45, 2.75) is 77.8 Å². The summed E-state index contributed by atoms with van der Waals surface area (Å²) in [5.74, 6) is 2.03. The first-order chi connectivity index (χ1) is 16.7. The standard InChI is InChI=1S/C28H44N6/c1-4-18-34(19-5-2)20-9-7-6-8-10-24-11-13-25(14-12-24)26(22-27-29-15-16-30-27)32-23-28-31-17-21-33(28)3/h11-17,21,26,32H,4-10,18-20,22-23H2,1-3H3,(H,29,30). The van der Waals surface area contributed by atoms with E-state index in [2.05, 4.69) is 67.8 Å². The molecule has 1 aromatic carbocycles. The first kappa shape index (κ1) is 26.2. The Morgan fingerprint density at radius 2 is 1.71 bits per heavy atom. The predicted octanol–water partition coefficient (Wildman–Crippen LogP) is 5.44. The number of nitrogens with one attached hydrogen (secondary N) is 2. The molecule has 0 fully saturated rings. The molecule has 0 aliphatic rings. The number of unbranched alkanes of at least 4 members (excludes halogenated alkanes) is 3. The number of aromatic nitrogens is 4. The van der Waals surface area contributed by atoms with Gasteiger partial charge in [0.15, 0.2) is 0 Å². The van der Waals surface area contributed by atoms with E-state index >= 15 is 0 Å². The lowest BCUT2D eigenvalue weighted by atomic mass is 9.99. The van der Waals surface area contributed by atoms with E-state index < -0.39 is 0 Å². The van der Waals surface area contributed by atoms with Crippen LogP contribution in [0.5, 0.6) is 0 Å². The van der Waals surface area contributed by atoms with Gasteiger partial charge in [-0.3, -0.25) is 0 Å². The highest BCUT2D eigenvalue weighted by atomic mass is 15.1. The summed E-state index contributed by atoms with van der Waals surface area (Å²) < 4.78 is 2.06. The highest BCUT2D eigenvalue weighted by Crippen LogP contribution is 2.19. The third-order valence-electron chi connectivity index (χ3n) is 6.53. The van der Waals surface area contributed by atoms with Crippen molar-refractivity contribution < 1.29 is 0 Å². The molecule has 34 heavy (non-hydrogen) atoms. The van der Waals surface area contributed by atoms with Crippen molar-refractivity contribution in [1.82, 2.24) is 29.7 Å². The molecule has 0 aliphatic carbocycles. The van der Waals surface area contributed by atoms with E-state index in [1.54, 1.807) is 0 Å². The van der Waals surface area contributed by atoms with Crippen molar-refractivity contribution in [3.05, 3.63) is 71.8 Å². The first-order valence-electron chi connectivity index (χ1n) is 13.2. The first-order valence-corrected chi connectivity index (χ1v) is 13.2. The Bertz CT molecular complexity index is 893. The summed E-state index contributed by atoms with van der Waals surface area (Å²) >= 11 is 0. The molecule has 0 saturated heterocycles. The van der Waals surface area contributed by atoms with Gasteiger partial charge in [0.1, 0.15) is 11.6 Å². The molecular formula is C28H44N6. The molecular weight excluding hydrogens is 420 g/mol. The Morgan fingerprint density at radius 1 is 0.941 bits per heavy atom. The van der Waals surface area contributed by atoms with E-state index in [0.29, 0.717) is 0 Å². The second kappa shape index (κ2) is 14.7. The third-order valence-corrected chi connectivity index (χ3v) is 6.53. The topological polar surface area (TPSA) is 61.8 Å². The largest absolute Gasteiger partial charge is 0.349 e. The number of aryl methyl sites for hydroxylation is 2. The molecule has 0 aliphatic heterocycles. The van der Waals surface area contributed by atoms with Crippen molar-refractivity contribution in [3.63, 3.8) is 0 Å². The summed E-state index contributed by atoms with van der Waals surface area (Å²) in [6, 6.07) is 9.35. The van der Waals surface area contributed by atoms with Crippen molar-refractivity contribution in [1.29, 1.82) is 0 Å². The lowest BCUT2D eigenvalue weighted by Gasteiger charge is -2.20. The van der Waals surface area contributed by atoms with Crippen molar-refractivity contribution >= 4 is 0 Å². The summed E-state index contributed by atoms with van der Waals surface area (Å²) in [5.41, 5.74) is 2.73. The van der Waals surface area contributed by atoms with Crippen LogP contribution in [0.3, 0.4) is 0 Å². The molecule has 3 rings (SSSR count). The van der Waals surface area contributed by atoms with Gasteiger partial charge in [0.25, 0.3) is 0 Å². The van der Waals surface area contributed by atoms with Crippen LogP contribution in [0.1, 0.15) is 81.2 Å². The zero-order chi connectivity index (χ0) is 24.0. The Labute approximate surface area is 206 Å². The summed E-state index contributed by atoms with van der Waals surface area (Å²) in [7, 11) is 2.03. The van der Waals surface area contributed by atoms with Crippen LogP contribution in [-0.4, -0.2) is 44.1 Å². The third kappa shape index (κ3) is 8.73. The molecule has 1 atom stereocenters. The van der Waals surface area contributed by atoms with Gasteiger partial charge in [0.05, 0.1) is 6.54 Å². The second-order valence-electron chi connectivity index (χ2n) is 9.38. The van der Waals surface area contributed by atoms with E-state index in [1.165, 1.54) is 69.3 Å². The Balaban J connectivity index is 1.45. The quantitative estimate of drug-likeness (QED) is 0.261. The van der Waals surface area contributed by atoms with Crippen LogP contribution in [0.2, 0.25) is 0 Å². The van der Waals surface area contributed by atoms with Gasteiger partial charge in [-0.2, -0.15) is 0 Å². The zero-order valence-corrected chi connectivity index (χ0v) is 21.5. The molecule has 0 bridgehead atoms. The summed E-state index contributed by atoms with van der Waals surface area (Å²) in [6.07, 6.45) is 17.3. The van der Waals surface area contributed by atoms with Gasteiger partial charge in [-0.15, -0.1) is 0 Å². The van der Waals surface area contributed by atoms with E-state index in [9.17, 15) is 0 Å². The number of rotatable bonds is 17. The fourth-order valence-electron chi connectivity index (χ4n) is 4.59. The van der Waals surface area contributed by atoms with Crippen LogP contribution in [-0.2, 0) is 26.4 Å². The number of benzene rings is 1. The van der Waals surface area contributed by atoms with Crippen LogP contribution in [0.25, 0.3) is 0 Å². The Kier molecular flexibility index (Phi) is 11.3. The SMILES string of the molecule is CCCN(CCC)CCCCCCc1ccc(C(Cc2ncc[nH]2)NCc2nccn2C)cc1. The molecule has 6 heteroatoms. The molecule has 0 saturated carbocycles. The number of aromatic amines is 1. The van der Waals surface area contributed by atoms with Gasteiger partial charge >= 0.3 is 0 Å². The lowest BCUT2D eigenvalue weighted by Crippen LogP contribution is -2.26. The fourth-order valence-corrected chi connectivity index (χ4v) is 4.59. The van der Waals surface area contributed by atoms with Gasteiger partial charge in [-0.25, -0.2) is 9.97 Å². The van der Waals surface area contributed by atoms with Gasteiger partial charge < -0.3 is 19.8 Å². The maximum Gasteiger partial charge on any atom is 0.122 e. The van der Waals surface area contributed by atoms with E-state index in [-0.39, 0.29) is 6.04 Å². The molecule has 0 amide bonds. The monoisotopic (exact) mass is 464 g/mol. The minimum absolute atomic E-state index is 0.186. The predicted molar refractivity (Wildman–Crippen MR) is 141 cm³/mol. The van der Waals surface area contributed by atoms with Crippen LogP contribution in [0, 0.1) is 0 Å². The summed E-state index contributed by atoms with van der Waals surface area (Å²) in [5, 5.41) is 3.68. The van der Waals surface area contributed by atoms with Gasteiger partial charge in [-0.05, 0) is 62.9 Å². The van der Waals surface area contributed by atoms with Crippen LogP contribution >= 0.6 is 0 Å². The second-order valence-corrected chi connectivity index (χ2v) is 9.38. The number of nitrogens with zero attached hydrogens (tertiary/aromatic N) is 4. The van der Waals surface area contributed by atoms with E-state index in [0.717, 1.165) is 31.0 Å². The molecule has 3 aromatic rings. The minimum Gasteiger partial charge on any atom is -0.349 e. The lowest BCUT2D eigenvalue weighted by molar-refractivity contribution is 0.268. The van der Waals surface area contributed by atoms with Crippen molar-refractivity contribution in [3.8, 4) is 0 Å². The molecule has 6 nitrogen and oxygen atoms in total. The average molecular weight is 465 g/mol. The summed E-state index contributed by atoms with van der Waals surface area (Å²) in [4.78, 5) is 14.8. The number of H-pyrrole nitrogens is 1. The molecule has 0 spiro atoms. The Morgan fingerprint density at radius 3 is 2.35 bits per heavy atom. The normalized spacial score (nSPS) is 12.5. The van der Waals surface area contributed by atoms with E-state index in [1.807, 2.05) is 31.8 Å². The maximum absolute atomic E-state index is 4.45. The molecule has 1 unspecified atom stereocenters. The van der Waals surface area contributed by atoms with Crippen LogP contribution < -0.4 is 5.32 Å². The maximum atomic E-state index is 4.45. The highest BCUT2D eigenvalue weighted by molar-refractivity contribution is 5.26. The van der Waals surface area contributed by atoms with Crippen molar-refractivity contribution in [2.75, 3.05) is 19.6 Å². The molecule has 2 N–H and O–H groups in total. The number of hydrogen-bond acceptors (Lipinski definition) is 4. The fraction of sp³-hybridized carbons (Fsp3) is 0.571. The zero-order valence-electron chi connectivity index (χ0n) is 21.5. The average Bonchev–Trinajstić information content (AvgIpc) is 3.51. The van der Waals surface area contributed by atoms with Crippen LogP contribution in [0.4, 0.5) is 0 Å². The van der Waals surface area contributed by atoms with E-state index in [4.69, 9.17) is 0 Å². The smallest absolute Gasteiger partial charge is 0.122 e. The minimum atomic E-state index is 0.186. The van der Waals surface area contributed by atoms with Crippen molar-refractivity contribution in [2.24, 2.45) is 7.05 Å². The molecule has 0 radical (unpaired) electrons. The Hall–Kier alpha value is -2.44.